The minimum atomic E-state index is -4.61. The van der Waals surface area contributed by atoms with Crippen molar-refractivity contribution in [1.29, 1.82) is 0 Å². The van der Waals surface area contributed by atoms with E-state index in [9.17, 15) is 18.0 Å². The van der Waals surface area contributed by atoms with E-state index in [0.29, 0.717) is 0 Å². The SMILES string of the molecule is CCn1ncc(Cl)c1C(=O)C1(C(F)(F)F)CCNC1. The first-order valence-corrected chi connectivity index (χ1v) is 6.25. The second-order valence-electron chi connectivity index (χ2n) is 4.49. The fraction of sp³-hybridized carbons (Fsp3) is 0.636. The van der Waals surface area contributed by atoms with Crippen molar-refractivity contribution >= 4 is 17.4 Å². The van der Waals surface area contributed by atoms with Gasteiger partial charge < -0.3 is 5.32 Å². The van der Waals surface area contributed by atoms with Crippen LogP contribution in [-0.4, -0.2) is 34.8 Å². The summed E-state index contributed by atoms with van der Waals surface area (Å²) in [6, 6.07) is 0. The maximum atomic E-state index is 13.3. The molecule has 1 saturated heterocycles. The fourth-order valence-corrected chi connectivity index (χ4v) is 2.54. The number of aryl methyl sites for hydroxylation is 1. The number of alkyl halides is 3. The molecule has 106 valence electrons. The molecule has 4 nitrogen and oxygen atoms in total. The van der Waals surface area contributed by atoms with Gasteiger partial charge >= 0.3 is 6.18 Å². The van der Waals surface area contributed by atoms with Crippen LogP contribution in [0.4, 0.5) is 13.2 Å². The monoisotopic (exact) mass is 295 g/mol. The molecule has 1 fully saturated rings. The van der Waals surface area contributed by atoms with E-state index in [-0.39, 0.29) is 30.2 Å². The summed E-state index contributed by atoms with van der Waals surface area (Å²) in [5, 5.41) is 6.38. The third kappa shape index (κ3) is 2.14. The Morgan fingerprint density at radius 1 is 1.63 bits per heavy atom. The van der Waals surface area contributed by atoms with Gasteiger partial charge in [-0.25, -0.2) is 0 Å². The van der Waals surface area contributed by atoms with Crippen LogP contribution in [0.15, 0.2) is 6.20 Å². The van der Waals surface area contributed by atoms with Crippen molar-refractivity contribution in [2.24, 2.45) is 5.41 Å². The molecule has 1 aromatic heterocycles. The molecule has 1 atom stereocenters. The number of Topliss-reactive ketones (excluding diaryl/α,β-unsaturated/α-hetero) is 1. The van der Waals surface area contributed by atoms with E-state index in [1.165, 1.54) is 10.9 Å². The Balaban J connectivity index is 2.49. The summed E-state index contributed by atoms with van der Waals surface area (Å²) < 4.78 is 41.1. The van der Waals surface area contributed by atoms with Crippen LogP contribution in [0.3, 0.4) is 0 Å². The van der Waals surface area contributed by atoms with Gasteiger partial charge in [-0.2, -0.15) is 18.3 Å². The zero-order chi connectivity index (χ0) is 14.3. The van der Waals surface area contributed by atoms with E-state index < -0.39 is 23.9 Å². The van der Waals surface area contributed by atoms with Crippen LogP contribution >= 0.6 is 11.6 Å². The topological polar surface area (TPSA) is 46.9 Å². The molecule has 2 rings (SSSR count). The molecule has 2 heterocycles. The number of ketones is 1. The summed E-state index contributed by atoms with van der Waals surface area (Å²) in [6.07, 6.45) is -3.69. The van der Waals surface area contributed by atoms with Crippen molar-refractivity contribution in [2.75, 3.05) is 13.1 Å². The van der Waals surface area contributed by atoms with Gasteiger partial charge in [0.15, 0.2) is 5.78 Å². The summed E-state index contributed by atoms with van der Waals surface area (Å²) in [7, 11) is 0. The summed E-state index contributed by atoms with van der Waals surface area (Å²) in [4.78, 5) is 12.4. The molecule has 0 amide bonds. The Morgan fingerprint density at radius 3 is 2.79 bits per heavy atom. The summed E-state index contributed by atoms with van der Waals surface area (Å²) >= 11 is 5.82. The molecule has 0 aromatic carbocycles. The van der Waals surface area contributed by atoms with Crippen LogP contribution in [-0.2, 0) is 6.54 Å². The smallest absolute Gasteiger partial charge is 0.315 e. The van der Waals surface area contributed by atoms with Gasteiger partial charge in [0.25, 0.3) is 0 Å². The van der Waals surface area contributed by atoms with E-state index in [2.05, 4.69) is 10.4 Å². The average Bonchev–Trinajstić information content (AvgIpc) is 2.94. The molecule has 1 unspecified atom stereocenters. The summed E-state index contributed by atoms with van der Waals surface area (Å²) in [6.45, 7) is 1.71. The number of nitrogens with one attached hydrogen (secondary N) is 1. The molecule has 0 aliphatic carbocycles. The van der Waals surface area contributed by atoms with Gasteiger partial charge in [0.2, 0.25) is 0 Å². The first kappa shape index (κ1) is 14.3. The van der Waals surface area contributed by atoms with Gasteiger partial charge in [0, 0.05) is 13.1 Å². The lowest BCUT2D eigenvalue weighted by Crippen LogP contribution is -2.47. The summed E-state index contributed by atoms with van der Waals surface area (Å²) in [5.74, 6) is -1.01. The highest BCUT2D eigenvalue weighted by Gasteiger charge is 2.62. The Morgan fingerprint density at radius 2 is 2.32 bits per heavy atom. The van der Waals surface area contributed by atoms with Gasteiger partial charge in [0.1, 0.15) is 11.1 Å². The molecular formula is C11H13ClF3N3O. The molecule has 1 aliphatic rings. The molecule has 0 spiro atoms. The zero-order valence-corrected chi connectivity index (χ0v) is 11.0. The minimum absolute atomic E-state index is 0.0395. The largest absolute Gasteiger partial charge is 0.403 e. The highest BCUT2D eigenvalue weighted by Crippen LogP contribution is 2.46. The van der Waals surface area contributed by atoms with E-state index >= 15 is 0 Å². The molecule has 1 aromatic rings. The number of halogens is 4. The highest BCUT2D eigenvalue weighted by atomic mass is 35.5. The van der Waals surface area contributed by atoms with Gasteiger partial charge in [-0.1, -0.05) is 11.6 Å². The fourth-order valence-electron chi connectivity index (χ4n) is 2.31. The van der Waals surface area contributed by atoms with Crippen LogP contribution in [0.5, 0.6) is 0 Å². The Hall–Kier alpha value is -1.08. The van der Waals surface area contributed by atoms with Crippen molar-refractivity contribution in [1.82, 2.24) is 15.1 Å². The first-order valence-electron chi connectivity index (χ1n) is 5.87. The second-order valence-corrected chi connectivity index (χ2v) is 4.90. The predicted molar refractivity (Wildman–Crippen MR) is 63.2 cm³/mol. The van der Waals surface area contributed by atoms with Crippen LogP contribution in [0.1, 0.15) is 23.8 Å². The molecule has 0 radical (unpaired) electrons. The standard InChI is InChI=1S/C11H13ClF3N3O/c1-2-18-8(7(12)5-17-18)9(19)10(11(13,14)15)3-4-16-6-10/h5,16H,2-4,6H2,1H3. The Kier molecular flexibility index (Phi) is 3.61. The van der Waals surface area contributed by atoms with Crippen LogP contribution in [0.2, 0.25) is 5.02 Å². The van der Waals surface area contributed by atoms with E-state index in [1.807, 2.05) is 0 Å². The number of rotatable bonds is 3. The number of hydrogen-bond donors (Lipinski definition) is 1. The number of carbonyl (C=O) groups excluding carboxylic acids is 1. The predicted octanol–water partition coefficient (Wildman–Crippen LogP) is 2.28. The first-order chi connectivity index (χ1) is 8.83. The minimum Gasteiger partial charge on any atom is -0.315 e. The second kappa shape index (κ2) is 4.79. The molecule has 1 aliphatic heterocycles. The third-order valence-electron chi connectivity index (χ3n) is 3.44. The molecule has 8 heteroatoms. The lowest BCUT2D eigenvalue weighted by atomic mass is 9.80. The Labute approximate surface area is 112 Å². The van der Waals surface area contributed by atoms with Crippen molar-refractivity contribution in [3.63, 3.8) is 0 Å². The number of hydrogen-bond acceptors (Lipinski definition) is 3. The molecule has 0 bridgehead atoms. The zero-order valence-electron chi connectivity index (χ0n) is 10.2. The van der Waals surface area contributed by atoms with Crippen molar-refractivity contribution in [2.45, 2.75) is 26.1 Å². The van der Waals surface area contributed by atoms with Crippen molar-refractivity contribution in [3.05, 3.63) is 16.9 Å². The molecule has 0 saturated carbocycles. The van der Waals surface area contributed by atoms with E-state index in [4.69, 9.17) is 11.6 Å². The van der Waals surface area contributed by atoms with Gasteiger partial charge in [-0.3, -0.25) is 9.48 Å². The average molecular weight is 296 g/mol. The van der Waals surface area contributed by atoms with Gasteiger partial charge in [-0.15, -0.1) is 0 Å². The lowest BCUT2D eigenvalue weighted by Gasteiger charge is -2.29. The molecule has 19 heavy (non-hydrogen) atoms. The summed E-state index contributed by atoms with van der Waals surface area (Å²) in [5.41, 5.74) is -2.56. The van der Waals surface area contributed by atoms with Crippen LogP contribution < -0.4 is 5.32 Å². The van der Waals surface area contributed by atoms with E-state index in [1.54, 1.807) is 6.92 Å². The van der Waals surface area contributed by atoms with Gasteiger partial charge in [0.05, 0.1) is 11.2 Å². The van der Waals surface area contributed by atoms with Crippen LogP contribution in [0, 0.1) is 5.41 Å². The molecular weight excluding hydrogens is 283 g/mol. The molecule has 1 N–H and O–H groups in total. The lowest BCUT2D eigenvalue weighted by molar-refractivity contribution is -0.197. The van der Waals surface area contributed by atoms with Crippen molar-refractivity contribution in [3.8, 4) is 0 Å². The maximum Gasteiger partial charge on any atom is 0.403 e. The number of carbonyl (C=O) groups is 1. The third-order valence-corrected chi connectivity index (χ3v) is 3.72. The highest BCUT2D eigenvalue weighted by molar-refractivity contribution is 6.33. The number of nitrogens with zero attached hydrogens (tertiary/aromatic N) is 2. The van der Waals surface area contributed by atoms with E-state index in [0.717, 1.165) is 0 Å². The van der Waals surface area contributed by atoms with Crippen LogP contribution in [0.25, 0.3) is 0 Å². The maximum absolute atomic E-state index is 13.3. The van der Waals surface area contributed by atoms with Gasteiger partial charge in [-0.05, 0) is 19.9 Å². The van der Waals surface area contributed by atoms with Crippen molar-refractivity contribution < 1.29 is 18.0 Å². The normalized spacial score (nSPS) is 23.8. The Bertz CT molecular complexity index is 492. The number of aromatic nitrogens is 2. The quantitative estimate of drug-likeness (QED) is 0.870.